The molecule has 0 aromatic heterocycles. The van der Waals surface area contributed by atoms with Gasteiger partial charge in [0.2, 0.25) is 9.84 Å². The number of hydrazone groups is 1. The molecule has 3 N–H and O–H groups in total. The zero-order chi connectivity index (χ0) is 16.8. The zero-order valence-corrected chi connectivity index (χ0v) is 12.8. The topological polar surface area (TPSA) is 128 Å². The van der Waals surface area contributed by atoms with Crippen LogP contribution < -0.4 is 11.2 Å². The Kier molecular flexibility index (Phi) is 5.81. The maximum Gasteiger partial charge on any atom is 0.340 e. The number of carbonyl (C=O) groups is 2. The molecule has 0 fully saturated rings. The number of ether oxygens (including phenoxy) is 1. The summed E-state index contributed by atoms with van der Waals surface area (Å²) in [7, 11) is -2.79. The first-order valence-corrected chi connectivity index (χ1v) is 7.53. The van der Waals surface area contributed by atoms with Gasteiger partial charge in [0.1, 0.15) is 0 Å². The van der Waals surface area contributed by atoms with Crippen molar-refractivity contribution < 1.29 is 22.7 Å². The highest BCUT2D eigenvalue weighted by Crippen LogP contribution is 2.15. The van der Waals surface area contributed by atoms with Crippen molar-refractivity contribution in [3.63, 3.8) is 0 Å². The van der Waals surface area contributed by atoms with E-state index in [1.54, 1.807) is 18.2 Å². The number of hydrogen-bond acceptors (Lipinski definition) is 6. The van der Waals surface area contributed by atoms with Crippen LogP contribution in [0, 0.1) is 0 Å². The quantitative estimate of drug-likeness (QED) is 0.354. The molecule has 1 aromatic rings. The molecule has 8 nitrogen and oxygen atoms in total. The van der Waals surface area contributed by atoms with Gasteiger partial charge in [0.05, 0.1) is 28.7 Å². The average molecular weight is 325 g/mol. The fraction of sp³-hybridized carbons (Fsp3) is 0.154. The molecule has 0 aliphatic carbocycles. The second kappa shape index (κ2) is 7.36. The minimum absolute atomic E-state index is 0.00654. The number of nitrogens with one attached hydrogen (secondary N) is 1. The third-order valence-corrected chi connectivity index (χ3v) is 3.95. The van der Waals surface area contributed by atoms with E-state index in [2.05, 4.69) is 9.84 Å². The molecule has 1 aromatic carbocycles. The van der Waals surface area contributed by atoms with Gasteiger partial charge in [0, 0.05) is 0 Å². The number of urea groups is 1. The van der Waals surface area contributed by atoms with Gasteiger partial charge in [-0.3, -0.25) is 0 Å². The second-order valence-electron chi connectivity index (χ2n) is 4.05. The molecule has 0 heterocycles. The summed E-state index contributed by atoms with van der Waals surface area (Å²) in [4.78, 5) is 22.4. The monoisotopic (exact) mass is 325 g/mol. The molecule has 1 rings (SSSR count). The van der Waals surface area contributed by atoms with Crippen LogP contribution in [0.4, 0.5) is 4.79 Å². The molecule has 0 bridgehead atoms. The van der Waals surface area contributed by atoms with E-state index in [-0.39, 0.29) is 16.2 Å². The van der Waals surface area contributed by atoms with Crippen molar-refractivity contribution >= 4 is 27.5 Å². The number of hydrogen-bond donors (Lipinski definition) is 2. The molecule has 0 aliphatic rings. The molecular formula is C13H15N3O5S. The van der Waals surface area contributed by atoms with Crippen LogP contribution in [0.1, 0.15) is 6.92 Å². The third kappa shape index (κ3) is 4.70. The lowest BCUT2D eigenvalue weighted by atomic mass is 10.2. The molecule has 118 valence electrons. The predicted octanol–water partition coefficient (Wildman–Crippen LogP) is 0.561. The predicted molar refractivity (Wildman–Crippen MR) is 79.6 cm³/mol. The number of primary amides is 1. The molecule has 22 heavy (non-hydrogen) atoms. The lowest BCUT2D eigenvalue weighted by molar-refractivity contribution is -0.135. The van der Waals surface area contributed by atoms with Crippen molar-refractivity contribution in [2.24, 2.45) is 10.8 Å². The van der Waals surface area contributed by atoms with Crippen molar-refractivity contribution in [2.45, 2.75) is 11.8 Å². The van der Waals surface area contributed by atoms with Crippen molar-refractivity contribution in [3.05, 3.63) is 41.3 Å². The summed E-state index contributed by atoms with van der Waals surface area (Å²) in [6, 6.07) is 6.58. The maximum atomic E-state index is 12.3. The van der Waals surface area contributed by atoms with Crippen molar-refractivity contribution in [1.29, 1.82) is 0 Å². The van der Waals surface area contributed by atoms with Gasteiger partial charge in [0.25, 0.3) is 0 Å². The maximum absolute atomic E-state index is 12.3. The number of carbonyl (C=O) groups excluding carboxylic acids is 2. The van der Waals surface area contributed by atoms with Gasteiger partial charge < -0.3 is 10.5 Å². The summed E-state index contributed by atoms with van der Waals surface area (Å²) in [5.41, 5.74) is 6.39. The van der Waals surface area contributed by atoms with Crippen LogP contribution in [0.3, 0.4) is 0 Å². The first-order valence-electron chi connectivity index (χ1n) is 5.98. The molecule has 9 heteroatoms. The normalized spacial score (nSPS) is 12.6. The molecule has 0 aliphatic heterocycles. The van der Waals surface area contributed by atoms with Crippen LogP contribution in [0.25, 0.3) is 0 Å². The van der Waals surface area contributed by atoms with Gasteiger partial charge in [0.15, 0.2) is 0 Å². The van der Waals surface area contributed by atoms with E-state index in [0.717, 1.165) is 12.5 Å². The first kappa shape index (κ1) is 17.4. The molecule has 0 atom stereocenters. The molecule has 0 saturated carbocycles. The third-order valence-electron chi connectivity index (χ3n) is 2.47. The Hall–Kier alpha value is -2.68. The van der Waals surface area contributed by atoms with Crippen molar-refractivity contribution in [1.82, 2.24) is 5.43 Å². The molecular weight excluding hydrogens is 310 g/mol. The van der Waals surface area contributed by atoms with Crippen LogP contribution in [-0.2, 0) is 19.4 Å². The second-order valence-corrected chi connectivity index (χ2v) is 5.85. The number of esters is 1. The van der Waals surface area contributed by atoms with Gasteiger partial charge in [-0.2, -0.15) is 5.10 Å². The van der Waals surface area contributed by atoms with E-state index in [1.807, 2.05) is 5.43 Å². The fourth-order valence-corrected chi connectivity index (χ4v) is 2.67. The average Bonchev–Trinajstić information content (AvgIpc) is 2.50. The Balaban J connectivity index is 3.31. The summed E-state index contributed by atoms with van der Waals surface area (Å²) in [6.45, 7) is 1.33. The lowest BCUT2D eigenvalue weighted by Crippen LogP contribution is -2.26. The highest BCUT2D eigenvalue weighted by molar-refractivity contribution is 7.94. The highest BCUT2D eigenvalue weighted by atomic mass is 32.2. The van der Waals surface area contributed by atoms with Crippen molar-refractivity contribution in [2.75, 3.05) is 7.11 Å². The summed E-state index contributed by atoms with van der Waals surface area (Å²) in [6.07, 6.45) is 0. The van der Waals surface area contributed by atoms with Crippen LogP contribution >= 0.6 is 0 Å². The lowest BCUT2D eigenvalue weighted by Gasteiger charge is -2.06. The SMILES string of the molecule is COC(=O)C(=C/S(=O)(=O)c1ccccc1)/C(C)=N/NC(N)=O. The van der Waals surface area contributed by atoms with Gasteiger partial charge >= 0.3 is 12.0 Å². The number of sulfone groups is 1. The minimum atomic E-state index is -3.89. The van der Waals surface area contributed by atoms with E-state index < -0.39 is 21.8 Å². The highest BCUT2D eigenvalue weighted by Gasteiger charge is 2.20. The standard InChI is InChI=1S/C13H15N3O5S/c1-9(15-16-13(14)18)11(12(17)21-2)8-22(19,20)10-6-4-3-5-7-10/h3-8H,1-2H3,(H3,14,16,18)/b11-8+,15-9+. The van der Waals surface area contributed by atoms with E-state index in [4.69, 9.17) is 5.73 Å². The summed E-state index contributed by atoms with van der Waals surface area (Å²) < 4.78 is 29.0. The number of nitrogens with zero attached hydrogens (tertiary/aromatic N) is 1. The van der Waals surface area contributed by atoms with Crippen LogP contribution in [0.15, 0.2) is 51.3 Å². The van der Waals surface area contributed by atoms with E-state index in [0.29, 0.717) is 0 Å². The molecule has 0 saturated heterocycles. The summed E-state index contributed by atoms with van der Waals surface area (Å²) in [5.74, 6) is -0.910. The van der Waals surface area contributed by atoms with Crippen molar-refractivity contribution in [3.8, 4) is 0 Å². The van der Waals surface area contributed by atoms with E-state index >= 15 is 0 Å². The van der Waals surface area contributed by atoms with E-state index in [1.165, 1.54) is 19.1 Å². The Labute approximate surface area is 127 Å². The Bertz CT molecular complexity index is 723. The van der Waals surface area contributed by atoms with Gasteiger partial charge in [-0.25, -0.2) is 23.4 Å². The smallest absolute Gasteiger partial charge is 0.340 e. The Morgan fingerprint density at radius 2 is 1.86 bits per heavy atom. The molecule has 0 radical (unpaired) electrons. The molecule has 0 unspecified atom stereocenters. The first-order chi connectivity index (χ1) is 10.3. The van der Waals surface area contributed by atoms with Crippen LogP contribution in [0.2, 0.25) is 0 Å². The van der Waals surface area contributed by atoms with Gasteiger partial charge in [-0.1, -0.05) is 18.2 Å². The largest absolute Gasteiger partial charge is 0.465 e. The van der Waals surface area contributed by atoms with Crippen LogP contribution in [-0.4, -0.2) is 33.2 Å². The van der Waals surface area contributed by atoms with Crippen LogP contribution in [0.5, 0.6) is 0 Å². The number of amides is 2. The number of benzene rings is 1. The van der Waals surface area contributed by atoms with E-state index in [9.17, 15) is 18.0 Å². The number of rotatable bonds is 5. The number of methoxy groups -OCH3 is 1. The van der Waals surface area contributed by atoms with Gasteiger partial charge in [-0.05, 0) is 19.1 Å². The summed E-state index contributed by atoms with van der Waals surface area (Å²) in [5, 5.41) is 4.26. The minimum Gasteiger partial charge on any atom is -0.465 e. The summed E-state index contributed by atoms with van der Waals surface area (Å²) >= 11 is 0. The number of nitrogens with two attached hydrogens (primary N) is 1. The van der Waals surface area contributed by atoms with Gasteiger partial charge in [-0.15, -0.1) is 0 Å². The Morgan fingerprint density at radius 3 is 2.36 bits per heavy atom. The fourth-order valence-electron chi connectivity index (χ4n) is 1.42. The molecule has 2 amide bonds. The zero-order valence-electron chi connectivity index (χ0n) is 11.9. The Morgan fingerprint density at radius 1 is 1.27 bits per heavy atom. The molecule has 0 spiro atoms.